The standard InChI is InChI=1S/C14H25N3O3/c1-2-3-4-5-11-8-17(16-15-11)12-6-14(9-18,10-19)7-13(12)20/h8,12-13,18-20H,2-7,9-10H2,1H3/t12-,13-/m0/s1. The second kappa shape index (κ2) is 6.65. The van der Waals surface area contributed by atoms with Gasteiger partial charge in [0, 0.05) is 11.6 Å². The largest absolute Gasteiger partial charge is 0.396 e. The van der Waals surface area contributed by atoms with Gasteiger partial charge in [-0.3, -0.25) is 0 Å². The van der Waals surface area contributed by atoms with Gasteiger partial charge in [-0.1, -0.05) is 25.0 Å². The minimum absolute atomic E-state index is 0.116. The molecule has 2 rings (SSSR count). The Bertz CT molecular complexity index is 418. The fourth-order valence-corrected chi connectivity index (χ4v) is 2.97. The Balaban J connectivity index is 2.01. The smallest absolute Gasteiger partial charge is 0.0827 e. The molecule has 1 heterocycles. The highest BCUT2D eigenvalue weighted by Crippen LogP contribution is 2.43. The maximum atomic E-state index is 10.2. The van der Waals surface area contributed by atoms with Crippen LogP contribution in [0, 0.1) is 5.41 Å². The van der Waals surface area contributed by atoms with Gasteiger partial charge in [-0.05, 0) is 25.7 Å². The lowest BCUT2D eigenvalue weighted by Gasteiger charge is -2.23. The highest BCUT2D eigenvalue weighted by Gasteiger charge is 2.45. The monoisotopic (exact) mass is 283 g/mol. The van der Waals surface area contributed by atoms with Crippen LogP contribution in [0.5, 0.6) is 0 Å². The predicted octanol–water partition coefficient (Wildman–Crippen LogP) is 0.678. The molecule has 114 valence electrons. The fourth-order valence-electron chi connectivity index (χ4n) is 2.97. The maximum absolute atomic E-state index is 10.2. The molecule has 20 heavy (non-hydrogen) atoms. The third kappa shape index (κ3) is 3.19. The Morgan fingerprint density at radius 3 is 2.65 bits per heavy atom. The van der Waals surface area contributed by atoms with Crippen LogP contribution in [0.25, 0.3) is 0 Å². The van der Waals surface area contributed by atoms with E-state index < -0.39 is 11.5 Å². The van der Waals surface area contributed by atoms with E-state index in [1.807, 2.05) is 6.20 Å². The number of rotatable bonds is 7. The van der Waals surface area contributed by atoms with Crippen molar-refractivity contribution in [2.45, 2.75) is 57.6 Å². The van der Waals surface area contributed by atoms with Gasteiger partial charge < -0.3 is 15.3 Å². The van der Waals surface area contributed by atoms with Crippen molar-refractivity contribution in [1.29, 1.82) is 0 Å². The van der Waals surface area contributed by atoms with Gasteiger partial charge in [-0.15, -0.1) is 5.10 Å². The molecule has 0 bridgehead atoms. The molecule has 1 aliphatic rings. The highest BCUT2D eigenvalue weighted by molar-refractivity contribution is 5.00. The fraction of sp³-hybridized carbons (Fsp3) is 0.857. The minimum atomic E-state index is -0.599. The van der Waals surface area contributed by atoms with Crippen LogP contribution in [0.1, 0.15) is 50.8 Å². The number of nitrogens with zero attached hydrogens (tertiary/aromatic N) is 3. The summed E-state index contributed by atoms with van der Waals surface area (Å²) >= 11 is 0. The van der Waals surface area contributed by atoms with Crippen molar-refractivity contribution < 1.29 is 15.3 Å². The summed E-state index contributed by atoms with van der Waals surface area (Å²) in [6.45, 7) is 1.93. The molecule has 3 N–H and O–H groups in total. The summed E-state index contributed by atoms with van der Waals surface area (Å²) in [7, 11) is 0. The summed E-state index contributed by atoms with van der Waals surface area (Å²) in [5.41, 5.74) is 0.342. The van der Waals surface area contributed by atoms with Crippen LogP contribution in [0.4, 0.5) is 0 Å². The molecule has 1 saturated carbocycles. The molecule has 2 atom stereocenters. The highest BCUT2D eigenvalue weighted by atomic mass is 16.3. The molecule has 0 aliphatic heterocycles. The van der Waals surface area contributed by atoms with Crippen LogP contribution in [0.3, 0.4) is 0 Å². The topological polar surface area (TPSA) is 91.4 Å². The van der Waals surface area contributed by atoms with Gasteiger partial charge in [-0.25, -0.2) is 4.68 Å². The van der Waals surface area contributed by atoms with Crippen LogP contribution >= 0.6 is 0 Å². The molecular formula is C14H25N3O3. The molecule has 6 nitrogen and oxygen atoms in total. The first-order chi connectivity index (χ1) is 9.64. The van der Waals surface area contributed by atoms with E-state index in [4.69, 9.17) is 0 Å². The summed E-state index contributed by atoms with van der Waals surface area (Å²) in [6.07, 6.45) is 6.56. The molecule has 0 saturated heterocycles. The molecule has 1 aromatic heterocycles. The summed E-state index contributed by atoms with van der Waals surface area (Å²) in [5.74, 6) is 0. The minimum Gasteiger partial charge on any atom is -0.396 e. The van der Waals surface area contributed by atoms with Crippen molar-refractivity contribution in [2.24, 2.45) is 5.41 Å². The molecule has 0 spiro atoms. The first-order valence-corrected chi connectivity index (χ1v) is 7.44. The molecule has 0 amide bonds. The van der Waals surface area contributed by atoms with E-state index in [2.05, 4.69) is 17.2 Å². The zero-order valence-electron chi connectivity index (χ0n) is 12.1. The van der Waals surface area contributed by atoms with E-state index in [9.17, 15) is 15.3 Å². The quantitative estimate of drug-likeness (QED) is 0.640. The second-order valence-corrected chi connectivity index (χ2v) is 6.01. The van der Waals surface area contributed by atoms with Crippen molar-refractivity contribution in [3.05, 3.63) is 11.9 Å². The maximum Gasteiger partial charge on any atom is 0.0827 e. The number of aliphatic hydroxyl groups is 3. The van der Waals surface area contributed by atoms with Crippen molar-refractivity contribution in [2.75, 3.05) is 13.2 Å². The third-order valence-electron chi connectivity index (χ3n) is 4.33. The van der Waals surface area contributed by atoms with E-state index in [0.29, 0.717) is 12.8 Å². The second-order valence-electron chi connectivity index (χ2n) is 6.01. The molecule has 0 unspecified atom stereocenters. The molecule has 1 aliphatic carbocycles. The van der Waals surface area contributed by atoms with Crippen molar-refractivity contribution in [3.8, 4) is 0 Å². The molecule has 6 heteroatoms. The lowest BCUT2D eigenvalue weighted by Crippen LogP contribution is -2.27. The van der Waals surface area contributed by atoms with E-state index >= 15 is 0 Å². The van der Waals surface area contributed by atoms with E-state index in [-0.39, 0.29) is 19.3 Å². The number of hydrogen-bond acceptors (Lipinski definition) is 5. The molecule has 1 fully saturated rings. The Hall–Kier alpha value is -0.980. The first-order valence-electron chi connectivity index (χ1n) is 7.44. The van der Waals surface area contributed by atoms with Gasteiger partial charge in [0.05, 0.1) is 31.1 Å². The Morgan fingerprint density at radius 1 is 1.30 bits per heavy atom. The normalized spacial score (nSPS) is 25.2. The van der Waals surface area contributed by atoms with Gasteiger partial charge in [0.15, 0.2) is 0 Å². The van der Waals surface area contributed by atoms with Gasteiger partial charge in [0.25, 0.3) is 0 Å². The molecule has 0 aromatic carbocycles. The van der Waals surface area contributed by atoms with Crippen molar-refractivity contribution in [1.82, 2.24) is 15.0 Å². The third-order valence-corrected chi connectivity index (χ3v) is 4.33. The molecule has 1 aromatic rings. The van der Waals surface area contributed by atoms with E-state index in [1.54, 1.807) is 4.68 Å². The Labute approximate surface area is 119 Å². The Morgan fingerprint density at radius 2 is 2.05 bits per heavy atom. The van der Waals surface area contributed by atoms with Crippen LogP contribution in [-0.4, -0.2) is 49.6 Å². The molecular weight excluding hydrogens is 258 g/mol. The lowest BCUT2D eigenvalue weighted by atomic mass is 9.88. The summed E-state index contributed by atoms with van der Waals surface area (Å²) in [5, 5.41) is 37.3. The molecule has 0 radical (unpaired) electrons. The van der Waals surface area contributed by atoms with Gasteiger partial charge in [0.2, 0.25) is 0 Å². The van der Waals surface area contributed by atoms with Crippen molar-refractivity contribution in [3.63, 3.8) is 0 Å². The Kier molecular flexibility index (Phi) is 5.12. The van der Waals surface area contributed by atoms with Crippen LogP contribution in [0.15, 0.2) is 6.20 Å². The number of unbranched alkanes of at least 4 members (excludes halogenated alkanes) is 2. The number of aromatic nitrogens is 3. The number of hydrogen-bond donors (Lipinski definition) is 3. The SMILES string of the molecule is CCCCCc1cn([C@H]2CC(CO)(CO)C[C@@H]2O)nn1. The predicted molar refractivity (Wildman–Crippen MR) is 74.1 cm³/mol. The van der Waals surface area contributed by atoms with Crippen LogP contribution < -0.4 is 0 Å². The summed E-state index contributed by atoms with van der Waals surface area (Å²) < 4.78 is 1.69. The van der Waals surface area contributed by atoms with Gasteiger partial charge in [0.1, 0.15) is 0 Å². The van der Waals surface area contributed by atoms with Crippen LogP contribution in [-0.2, 0) is 6.42 Å². The summed E-state index contributed by atoms with van der Waals surface area (Å²) in [6, 6.07) is -0.207. The van der Waals surface area contributed by atoms with Crippen molar-refractivity contribution >= 4 is 0 Å². The number of aliphatic hydroxyl groups excluding tert-OH is 3. The zero-order valence-corrected chi connectivity index (χ0v) is 12.1. The number of aryl methyl sites for hydroxylation is 1. The summed E-state index contributed by atoms with van der Waals surface area (Å²) in [4.78, 5) is 0. The van der Waals surface area contributed by atoms with Crippen LogP contribution in [0.2, 0.25) is 0 Å². The average molecular weight is 283 g/mol. The zero-order chi connectivity index (χ0) is 14.6. The lowest BCUT2D eigenvalue weighted by molar-refractivity contribution is 0.0466. The average Bonchev–Trinajstić information content (AvgIpc) is 3.04. The van der Waals surface area contributed by atoms with Gasteiger partial charge in [-0.2, -0.15) is 0 Å². The van der Waals surface area contributed by atoms with E-state index in [0.717, 1.165) is 18.5 Å². The first kappa shape index (κ1) is 15.4. The van der Waals surface area contributed by atoms with E-state index in [1.165, 1.54) is 12.8 Å². The van der Waals surface area contributed by atoms with Gasteiger partial charge >= 0.3 is 0 Å².